The molecule has 38 valence electrons. The average molecular weight is 336 g/mol. The maximum atomic E-state index is 11.2. The Bertz CT molecular complexity index is 32.5. The molecule has 0 fully saturated rings. The van der Waals surface area contributed by atoms with Crippen LogP contribution in [0.5, 0.6) is 0 Å². The Labute approximate surface area is 61.8 Å². The van der Waals surface area contributed by atoms with Crippen LogP contribution < -0.4 is 0 Å². The van der Waals surface area contributed by atoms with Crippen molar-refractivity contribution in [2.24, 2.45) is 0 Å². The van der Waals surface area contributed by atoms with Gasteiger partial charge in [-0.15, -0.1) is 0 Å². The summed E-state index contributed by atoms with van der Waals surface area (Å²) in [6, 6.07) is 0. The Hall–Kier alpha value is 1.75. The summed E-state index contributed by atoms with van der Waals surface area (Å²) in [5.74, 6) is 0. The fraction of sp³-hybridized carbons (Fsp3) is 1.00. The van der Waals surface area contributed by atoms with Gasteiger partial charge in [-0.25, -0.2) is 8.78 Å². The molecule has 6 heavy (non-hydrogen) atoms. The third kappa shape index (κ3) is 3.92. The molecule has 0 saturated carbocycles. The smallest absolute Gasteiger partial charge is 0.204 e. The zero-order valence-electron chi connectivity index (χ0n) is 2.54. The number of rotatable bonds is 1. The van der Waals surface area contributed by atoms with Crippen molar-refractivity contribution < 1.29 is 8.78 Å². The van der Waals surface area contributed by atoms with Crippen LogP contribution in [0.1, 0.15) is 0 Å². The molecule has 0 saturated heterocycles. The van der Waals surface area contributed by atoms with Crippen LogP contribution in [0.3, 0.4) is 0 Å². The van der Waals surface area contributed by atoms with Crippen molar-refractivity contribution in [3.05, 3.63) is 0 Å². The standard InChI is InChI=1S/CHF2I2P/c2-1(3)6(4)5/h1H. The molecule has 0 spiro atoms. The molecule has 0 amide bonds. The predicted molar refractivity (Wildman–Crippen MR) is 41.0 cm³/mol. The highest BCUT2D eigenvalue weighted by molar-refractivity contribution is 14.3. The second-order valence-corrected chi connectivity index (χ2v) is 13.2. The van der Waals surface area contributed by atoms with Crippen molar-refractivity contribution >= 4 is 47.3 Å². The van der Waals surface area contributed by atoms with Crippen molar-refractivity contribution in [3.63, 3.8) is 0 Å². The van der Waals surface area contributed by atoms with Gasteiger partial charge in [-0.05, 0) is 44.1 Å². The molecule has 0 aliphatic carbocycles. The SMILES string of the molecule is FC(F)P(I)I. The van der Waals surface area contributed by atoms with Crippen LogP contribution in [0, 0.1) is 0 Å². The van der Waals surface area contributed by atoms with E-state index in [9.17, 15) is 8.78 Å². The number of hydrogen-bond acceptors (Lipinski definition) is 0. The number of hydrogen-bond donors (Lipinski definition) is 0. The van der Waals surface area contributed by atoms with E-state index in [2.05, 4.69) is 0 Å². The van der Waals surface area contributed by atoms with Crippen LogP contribution in [0.25, 0.3) is 0 Å². The summed E-state index contributed by atoms with van der Waals surface area (Å²) in [6.45, 7) is 0. The van der Waals surface area contributed by atoms with Gasteiger partial charge in [0.25, 0.3) is 6.17 Å². The molecule has 0 nitrogen and oxygen atoms in total. The summed E-state index contributed by atoms with van der Waals surface area (Å²) in [4.78, 5) is 0. The Morgan fingerprint density at radius 1 is 1.33 bits per heavy atom. The highest BCUT2D eigenvalue weighted by atomic mass is 127. The maximum absolute atomic E-state index is 11.2. The fourth-order valence-corrected chi connectivity index (χ4v) is 0. The van der Waals surface area contributed by atoms with Gasteiger partial charge in [-0.1, -0.05) is 0 Å². The minimum absolute atomic E-state index is 1.05. The van der Waals surface area contributed by atoms with Crippen molar-refractivity contribution in [1.82, 2.24) is 0 Å². The summed E-state index contributed by atoms with van der Waals surface area (Å²) in [5, 5.41) is 0. The van der Waals surface area contributed by atoms with E-state index in [0.717, 1.165) is 0 Å². The first kappa shape index (κ1) is 7.75. The molecule has 0 rings (SSSR count). The predicted octanol–water partition coefficient (Wildman–Crippen LogP) is 3.39. The average Bonchev–Trinajstić information content (AvgIpc) is 1.36. The molecule has 0 aromatic rings. The number of halogens is 4. The lowest BCUT2D eigenvalue weighted by atomic mass is 11.7. The molecular formula is CHF2I2P. The summed E-state index contributed by atoms with van der Waals surface area (Å²) >= 11 is 3.47. The Kier molecular flexibility index (Phi) is 4.80. The van der Waals surface area contributed by atoms with Gasteiger partial charge in [-0.3, -0.25) is 0 Å². The van der Waals surface area contributed by atoms with E-state index >= 15 is 0 Å². The first-order chi connectivity index (χ1) is 2.64. The third-order valence-corrected chi connectivity index (χ3v) is 2.97. The zero-order valence-corrected chi connectivity index (χ0v) is 7.75. The van der Waals surface area contributed by atoms with Gasteiger partial charge >= 0.3 is 0 Å². The second-order valence-electron chi connectivity index (χ2n) is 0.537. The van der Waals surface area contributed by atoms with Gasteiger partial charge in [0.1, 0.15) is 0 Å². The van der Waals surface area contributed by atoms with Crippen LogP contribution in [-0.4, -0.2) is 6.17 Å². The first-order valence-electron chi connectivity index (χ1n) is 1.03. The Morgan fingerprint density at radius 3 is 1.50 bits per heavy atom. The quantitative estimate of drug-likeness (QED) is 0.509. The lowest BCUT2D eigenvalue weighted by Gasteiger charge is -1.93. The van der Waals surface area contributed by atoms with E-state index < -0.39 is 9.37 Å². The van der Waals surface area contributed by atoms with E-state index in [0.29, 0.717) is 0 Å². The van der Waals surface area contributed by atoms with Crippen LogP contribution >= 0.6 is 47.3 Å². The molecule has 0 heterocycles. The van der Waals surface area contributed by atoms with E-state index in [1.165, 1.54) is 0 Å². The van der Waals surface area contributed by atoms with Gasteiger partial charge in [0.15, 0.2) is 0 Å². The largest absolute Gasteiger partial charge is 0.273 e. The molecular weight excluding hydrogens is 335 g/mol. The molecule has 0 N–H and O–H groups in total. The maximum Gasteiger partial charge on any atom is 0.273 e. The highest BCUT2D eigenvalue weighted by Crippen LogP contribution is 2.58. The van der Waals surface area contributed by atoms with Crippen LogP contribution in [0.4, 0.5) is 8.78 Å². The van der Waals surface area contributed by atoms with E-state index in [-0.39, 0.29) is 0 Å². The lowest BCUT2D eigenvalue weighted by Crippen LogP contribution is -1.70. The van der Waals surface area contributed by atoms with Gasteiger partial charge in [0.2, 0.25) is 0 Å². The first-order valence-corrected chi connectivity index (χ1v) is 8.01. The van der Waals surface area contributed by atoms with Crippen molar-refractivity contribution in [1.29, 1.82) is 0 Å². The summed E-state index contributed by atoms with van der Waals surface area (Å²) < 4.78 is 21.3. The van der Waals surface area contributed by atoms with E-state index in [1.54, 1.807) is 44.1 Å². The Balaban J connectivity index is 2.99. The van der Waals surface area contributed by atoms with E-state index in [1.807, 2.05) is 0 Å². The van der Waals surface area contributed by atoms with Gasteiger partial charge in [0.05, 0.1) is 3.21 Å². The minimum atomic E-state index is -2.11. The van der Waals surface area contributed by atoms with Gasteiger partial charge in [0, 0.05) is 0 Å². The molecule has 0 aromatic carbocycles. The van der Waals surface area contributed by atoms with Crippen molar-refractivity contribution in [3.8, 4) is 0 Å². The fourth-order valence-electron chi connectivity index (χ4n) is 0. The molecule has 0 aliphatic heterocycles. The van der Waals surface area contributed by atoms with Crippen molar-refractivity contribution in [2.45, 2.75) is 6.17 Å². The van der Waals surface area contributed by atoms with Crippen LogP contribution in [0.2, 0.25) is 0 Å². The number of alkyl halides is 2. The molecule has 0 aliphatic rings. The zero-order chi connectivity index (χ0) is 5.15. The lowest BCUT2D eigenvalue weighted by molar-refractivity contribution is 0.250. The third-order valence-electron chi connectivity index (χ3n) is 0.148. The van der Waals surface area contributed by atoms with Gasteiger partial charge in [-0.2, -0.15) is 0 Å². The van der Waals surface area contributed by atoms with E-state index in [4.69, 9.17) is 0 Å². The molecule has 0 aromatic heterocycles. The van der Waals surface area contributed by atoms with Crippen LogP contribution in [0.15, 0.2) is 0 Å². The topological polar surface area (TPSA) is 0 Å². The van der Waals surface area contributed by atoms with Gasteiger partial charge < -0.3 is 0 Å². The molecule has 0 radical (unpaired) electrons. The Morgan fingerprint density at radius 2 is 1.50 bits per heavy atom. The second kappa shape index (κ2) is 3.72. The molecule has 5 heteroatoms. The molecule has 0 unspecified atom stereocenters. The monoisotopic (exact) mass is 336 g/mol. The van der Waals surface area contributed by atoms with Crippen molar-refractivity contribution in [2.75, 3.05) is 0 Å². The minimum Gasteiger partial charge on any atom is -0.204 e. The van der Waals surface area contributed by atoms with Crippen LogP contribution in [-0.2, 0) is 0 Å². The summed E-state index contributed by atoms with van der Waals surface area (Å²) in [5.41, 5.74) is 0. The molecule has 0 bridgehead atoms. The molecule has 0 atom stereocenters. The summed E-state index contributed by atoms with van der Waals surface area (Å²) in [6.07, 6.45) is -2.11. The normalized spacial score (nSPS) is 11.0. The summed E-state index contributed by atoms with van der Waals surface area (Å²) in [7, 11) is 0. The highest BCUT2D eigenvalue weighted by Gasteiger charge is 2.09.